The Morgan fingerprint density at radius 2 is 1.49 bits per heavy atom. The number of phenols is 1. The number of aromatic hydroxyl groups is 1. The molecule has 7 amide bonds. The lowest BCUT2D eigenvalue weighted by Crippen LogP contribution is -2.70. The number of primary amides is 2. The molecule has 2 heterocycles. The minimum Gasteiger partial charge on any atom is -0.508 e. The van der Waals surface area contributed by atoms with Crippen molar-refractivity contribution < 1.29 is 48.6 Å². The number of amides is 7. The van der Waals surface area contributed by atoms with Crippen molar-refractivity contribution in [2.45, 2.75) is 76.3 Å². The van der Waals surface area contributed by atoms with Gasteiger partial charge >= 0.3 is 0 Å². The number of aliphatic hydroxyl groups is 1. The summed E-state index contributed by atoms with van der Waals surface area (Å²) < 4.78 is -1.06. The van der Waals surface area contributed by atoms with Gasteiger partial charge in [-0.1, -0.05) is 57.3 Å². The number of H-pyrrole nitrogens is 1. The number of aromatic nitrogens is 2. The number of carbonyl (C=O) groups excluding carboxylic acids is 8. The van der Waals surface area contributed by atoms with Crippen LogP contribution in [0.5, 0.6) is 5.75 Å². The fraction of sp³-hybridized carbons (Fsp3) is 0.469. The fourth-order valence-electron chi connectivity index (χ4n) is 5.62. The van der Waals surface area contributed by atoms with E-state index in [4.69, 9.17) is 11.5 Å². The van der Waals surface area contributed by atoms with Crippen LogP contribution in [0.1, 0.15) is 31.0 Å². The van der Waals surface area contributed by atoms with Gasteiger partial charge in [-0.25, -0.2) is 4.98 Å². The van der Waals surface area contributed by atoms with Crippen molar-refractivity contribution in [3.05, 3.63) is 48.0 Å². The number of nitrogens with zero attached hydrogens (tertiary/aromatic N) is 1. The Bertz CT molecular complexity index is 1740. The summed E-state index contributed by atoms with van der Waals surface area (Å²) in [5, 5.41) is 35.0. The molecule has 0 aliphatic carbocycles. The summed E-state index contributed by atoms with van der Waals surface area (Å²) in [5.74, 6) is -7.48. The Balaban J connectivity index is 1.88. The Morgan fingerprint density at radius 1 is 0.891 bits per heavy atom. The van der Waals surface area contributed by atoms with E-state index in [9.17, 15) is 48.6 Å². The standard InChI is InChI=1S/C32H42I2N10O10S/c1-14(46)39-18(6-15-2-4-17(47)5-3-15)26(49)32(23(33)9-24(34)44-32)31(54)43-20(7-16-10-37-13-38-16)28(51)41-21(11-45)29(52)42-22(12-55)30(53)40-19(27(36)50)8-25(35)48/h2-5,10,13,18-24,44-45,47,55H,6-9,11-12H2,1H3,(H2,35,48)(H2,36,50)(H,37,38)(H,39,46)(H,40,53)(H,41,51)(H,42,52)(H,43,54)/t18-,19-,20-,21-,22-,23?,24?,32+/m0/s1. The molecule has 0 radical (unpaired) electrons. The van der Waals surface area contributed by atoms with Crippen LogP contribution in [-0.4, -0.2) is 123 Å². The van der Waals surface area contributed by atoms with Gasteiger partial charge in [-0.15, -0.1) is 0 Å². The third-order valence-electron chi connectivity index (χ3n) is 8.37. The van der Waals surface area contributed by atoms with Gasteiger partial charge in [0.15, 0.2) is 11.3 Å². The largest absolute Gasteiger partial charge is 0.508 e. The zero-order chi connectivity index (χ0) is 41.0. The molecule has 0 bridgehead atoms. The smallest absolute Gasteiger partial charge is 0.249 e. The number of aliphatic hydroxyl groups excluding tert-OH is 1. The van der Waals surface area contributed by atoms with E-state index in [1.165, 1.54) is 31.6 Å². The second-order valence-electron chi connectivity index (χ2n) is 12.5. The summed E-state index contributed by atoms with van der Waals surface area (Å²) in [5.41, 5.74) is 9.24. The van der Waals surface area contributed by atoms with E-state index < -0.39 is 99.8 Å². The molecule has 20 nitrogen and oxygen atoms in total. The number of hydrogen-bond acceptors (Lipinski definition) is 13. The van der Waals surface area contributed by atoms with Gasteiger partial charge in [0.2, 0.25) is 41.4 Å². The first-order chi connectivity index (χ1) is 25.9. The number of phenolic OH excluding ortho intramolecular Hbond substituents is 1. The molecular formula is C32H42I2N10O10S. The number of benzene rings is 1. The second-order valence-corrected chi connectivity index (χ2v) is 15.9. The number of alkyl halides is 2. The first-order valence-corrected chi connectivity index (χ1v) is 19.7. The molecule has 0 spiro atoms. The molecular weight excluding hydrogens is 970 g/mol. The van der Waals surface area contributed by atoms with Gasteiger partial charge in [0.1, 0.15) is 29.9 Å². The van der Waals surface area contributed by atoms with Gasteiger partial charge in [-0.3, -0.25) is 43.7 Å². The molecule has 8 atom stereocenters. The highest BCUT2D eigenvalue weighted by Gasteiger charge is 2.58. The van der Waals surface area contributed by atoms with Crippen LogP contribution >= 0.6 is 57.8 Å². The van der Waals surface area contributed by atoms with Crippen molar-refractivity contribution in [2.75, 3.05) is 12.4 Å². The van der Waals surface area contributed by atoms with Gasteiger partial charge in [0, 0.05) is 29.2 Å². The van der Waals surface area contributed by atoms with Crippen molar-refractivity contribution in [2.24, 2.45) is 11.5 Å². The highest BCUT2D eigenvalue weighted by atomic mass is 127. The highest BCUT2D eigenvalue weighted by Crippen LogP contribution is 2.36. The first-order valence-electron chi connectivity index (χ1n) is 16.6. The molecule has 300 valence electrons. The molecule has 0 saturated carbocycles. The quantitative estimate of drug-likeness (QED) is 0.0202. The second kappa shape index (κ2) is 20.7. The third kappa shape index (κ3) is 12.5. The van der Waals surface area contributed by atoms with Crippen molar-refractivity contribution in [1.82, 2.24) is 41.9 Å². The monoisotopic (exact) mass is 1010 g/mol. The Hall–Kier alpha value is -4.08. The topological polar surface area (TPSA) is 330 Å². The Labute approximate surface area is 347 Å². The number of imidazole rings is 1. The van der Waals surface area contributed by atoms with Gasteiger partial charge in [0.25, 0.3) is 0 Å². The minimum absolute atomic E-state index is 0.0101. The number of nitrogens with two attached hydrogens (primary N) is 2. The number of hydrogen-bond donors (Lipinski definition) is 12. The zero-order valence-electron chi connectivity index (χ0n) is 29.2. The molecule has 23 heteroatoms. The van der Waals surface area contributed by atoms with Crippen molar-refractivity contribution >= 4 is 105 Å². The normalized spacial score (nSPS) is 20.5. The van der Waals surface area contributed by atoms with Crippen molar-refractivity contribution in [3.63, 3.8) is 0 Å². The van der Waals surface area contributed by atoms with E-state index in [1.807, 2.05) is 45.2 Å². The summed E-state index contributed by atoms with van der Waals surface area (Å²) in [4.78, 5) is 111. The van der Waals surface area contributed by atoms with E-state index >= 15 is 0 Å². The van der Waals surface area contributed by atoms with Crippen LogP contribution in [0.2, 0.25) is 0 Å². The molecule has 1 aliphatic rings. The Morgan fingerprint density at radius 3 is 2.00 bits per heavy atom. The predicted octanol–water partition coefficient (Wildman–Crippen LogP) is -3.51. The molecule has 1 aromatic heterocycles. The minimum atomic E-state index is -1.97. The van der Waals surface area contributed by atoms with Crippen LogP contribution in [0.15, 0.2) is 36.8 Å². The highest BCUT2D eigenvalue weighted by molar-refractivity contribution is 14.1. The summed E-state index contributed by atoms with van der Waals surface area (Å²) >= 11 is 8.05. The Kier molecular flexibility index (Phi) is 17.1. The maximum absolute atomic E-state index is 14.5. The number of rotatable bonds is 20. The maximum atomic E-state index is 14.5. The SMILES string of the molecule is CC(=O)N[C@@H](Cc1ccc(O)cc1)C(=O)[C@]1(C(=O)N[C@@H](Cc2c[nH]cn2)C(=O)N[C@@H](CO)C(=O)N[C@@H](CS)C(=O)N[C@@H](CC(N)=O)C(N)=O)NC(I)CC1I. The zero-order valence-corrected chi connectivity index (χ0v) is 34.4. The van der Waals surface area contributed by atoms with Crippen LogP contribution in [0.4, 0.5) is 0 Å². The lowest BCUT2D eigenvalue weighted by atomic mass is 9.84. The molecule has 2 aromatic rings. The molecule has 1 aromatic carbocycles. The van der Waals surface area contributed by atoms with Crippen LogP contribution in [0.25, 0.3) is 0 Å². The lowest BCUT2D eigenvalue weighted by molar-refractivity contribution is -0.141. The number of aromatic amines is 1. The number of Topliss-reactive ketones (excluding diaryl/α,β-unsaturated/α-hetero) is 1. The molecule has 1 aliphatic heterocycles. The number of thiol groups is 1. The third-order valence-corrected chi connectivity index (χ3v) is 11.0. The van der Waals surface area contributed by atoms with Gasteiger partial charge in [0.05, 0.1) is 35.1 Å². The molecule has 1 fully saturated rings. The van der Waals surface area contributed by atoms with Gasteiger partial charge in [-0.2, -0.15) is 12.6 Å². The van der Waals surface area contributed by atoms with Gasteiger partial charge < -0.3 is 53.2 Å². The number of ketones is 1. The number of nitrogens with one attached hydrogen (secondary N) is 7. The first kappa shape index (κ1) is 45.3. The average molecular weight is 1010 g/mol. The number of halogens is 2. The lowest BCUT2D eigenvalue weighted by Gasteiger charge is -2.35. The van der Waals surface area contributed by atoms with Crippen molar-refractivity contribution in [1.29, 1.82) is 0 Å². The molecule has 13 N–H and O–H groups in total. The predicted molar refractivity (Wildman–Crippen MR) is 214 cm³/mol. The van der Waals surface area contributed by atoms with Crippen LogP contribution in [-0.2, 0) is 51.2 Å². The summed E-state index contributed by atoms with van der Waals surface area (Å²) in [6.45, 7) is 0.248. The van der Waals surface area contributed by atoms with Crippen LogP contribution in [0, 0.1) is 0 Å². The van der Waals surface area contributed by atoms with E-state index in [2.05, 4.69) is 54.5 Å². The van der Waals surface area contributed by atoms with Crippen molar-refractivity contribution in [3.8, 4) is 5.75 Å². The van der Waals surface area contributed by atoms with Gasteiger partial charge in [-0.05, 0) is 30.5 Å². The van der Waals surface area contributed by atoms with E-state index in [0.29, 0.717) is 17.7 Å². The summed E-state index contributed by atoms with van der Waals surface area (Å²) in [6, 6.07) is -1.35. The molecule has 1 saturated heterocycles. The average Bonchev–Trinajstić information content (AvgIpc) is 3.75. The maximum Gasteiger partial charge on any atom is 0.249 e. The molecule has 3 rings (SSSR count). The molecule has 55 heavy (non-hydrogen) atoms. The van der Waals surface area contributed by atoms with Crippen LogP contribution < -0.4 is 43.4 Å². The van der Waals surface area contributed by atoms with Crippen LogP contribution in [0.3, 0.4) is 0 Å². The molecule has 2 unspecified atom stereocenters. The summed E-state index contributed by atoms with van der Waals surface area (Å²) in [7, 11) is 0. The van der Waals surface area contributed by atoms with E-state index in [0.717, 1.165) is 0 Å². The summed E-state index contributed by atoms with van der Waals surface area (Å²) in [6.07, 6.45) is 2.24. The fourth-order valence-corrected chi connectivity index (χ4v) is 9.13. The number of carbonyl (C=O) groups is 8. The van der Waals surface area contributed by atoms with E-state index in [-0.39, 0.29) is 28.4 Å². The van der Waals surface area contributed by atoms with E-state index in [1.54, 1.807) is 12.1 Å².